The van der Waals surface area contributed by atoms with E-state index >= 15 is 0 Å². The number of nitrogens with one attached hydrogen (secondary N) is 1. The molecule has 7 nitrogen and oxygen atoms in total. The SMILES string of the molecule is Cc1cc(C)n(C[C@@H](C)Nc2ncccc2-c2nc(C)no2)n1. The molecule has 0 saturated carbocycles. The number of pyridine rings is 1. The summed E-state index contributed by atoms with van der Waals surface area (Å²) in [6.45, 7) is 8.69. The van der Waals surface area contributed by atoms with Crippen LogP contribution < -0.4 is 5.32 Å². The molecule has 3 aromatic rings. The van der Waals surface area contributed by atoms with E-state index in [9.17, 15) is 0 Å². The first kappa shape index (κ1) is 15.2. The van der Waals surface area contributed by atoms with E-state index in [0.717, 1.165) is 29.3 Å². The molecular weight excluding hydrogens is 292 g/mol. The molecule has 0 bridgehead atoms. The van der Waals surface area contributed by atoms with E-state index in [4.69, 9.17) is 4.52 Å². The summed E-state index contributed by atoms with van der Waals surface area (Å²) in [5.41, 5.74) is 2.97. The number of hydrogen-bond donors (Lipinski definition) is 1. The highest BCUT2D eigenvalue weighted by Crippen LogP contribution is 2.24. The van der Waals surface area contributed by atoms with Gasteiger partial charge in [0.1, 0.15) is 5.82 Å². The average Bonchev–Trinajstić information content (AvgIpc) is 3.05. The molecule has 23 heavy (non-hydrogen) atoms. The third-order valence-electron chi connectivity index (χ3n) is 3.50. The fourth-order valence-corrected chi connectivity index (χ4v) is 2.50. The van der Waals surface area contributed by atoms with Crippen LogP contribution in [0.2, 0.25) is 0 Å². The summed E-state index contributed by atoms with van der Waals surface area (Å²) in [6, 6.07) is 5.98. The van der Waals surface area contributed by atoms with Gasteiger partial charge in [0.15, 0.2) is 5.82 Å². The van der Waals surface area contributed by atoms with Gasteiger partial charge in [-0.3, -0.25) is 4.68 Å². The van der Waals surface area contributed by atoms with Gasteiger partial charge in [-0.05, 0) is 45.9 Å². The number of nitrogens with zero attached hydrogens (tertiary/aromatic N) is 5. The summed E-state index contributed by atoms with van der Waals surface area (Å²) in [6.07, 6.45) is 1.74. The van der Waals surface area contributed by atoms with Gasteiger partial charge >= 0.3 is 0 Å². The van der Waals surface area contributed by atoms with Gasteiger partial charge in [-0.15, -0.1) is 0 Å². The van der Waals surface area contributed by atoms with Gasteiger partial charge < -0.3 is 9.84 Å². The van der Waals surface area contributed by atoms with Crippen molar-refractivity contribution in [1.82, 2.24) is 24.9 Å². The first-order valence-electron chi connectivity index (χ1n) is 7.56. The molecule has 1 atom stereocenters. The van der Waals surface area contributed by atoms with Crippen molar-refractivity contribution < 1.29 is 4.52 Å². The molecule has 0 spiro atoms. The topological polar surface area (TPSA) is 81.7 Å². The van der Waals surface area contributed by atoms with E-state index < -0.39 is 0 Å². The number of aryl methyl sites for hydroxylation is 3. The molecule has 1 N–H and O–H groups in total. The molecule has 0 unspecified atom stereocenters. The Balaban J connectivity index is 1.79. The number of aromatic nitrogens is 5. The fraction of sp³-hybridized carbons (Fsp3) is 0.375. The Kier molecular flexibility index (Phi) is 4.10. The normalized spacial score (nSPS) is 12.3. The van der Waals surface area contributed by atoms with Crippen LogP contribution in [-0.4, -0.2) is 30.9 Å². The van der Waals surface area contributed by atoms with E-state index in [-0.39, 0.29) is 6.04 Å². The van der Waals surface area contributed by atoms with Crippen molar-refractivity contribution in [2.45, 2.75) is 40.3 Å². The lowest BCUT2D eigenvalue weighted by atomic mass is 10.2. The first-order chi connectivity index (χ1) is 11.0. The lowest BCUT2D eigenvalue weighted by molar-refractivity contribution is 0.425. The number of anilines is 1. The van der Waals surface area contributed by atoms with Gasteiger partial charge in [0.25, 0.3) is 5.89 Å². The van der Waals surface area contributed by atoms with Gasteiger partial charge in [0, 0.05) is 17.9 Å². The van der Waals surface area contributed by atoms with Crippen LogP contribution in [0.5, 0.6) is 0 Å². The van der Waals surface area contributed by atoms with Crippen molar-refractivity contribution in [2.75, 3.05) is 5.32 Å². The molecule has 0 saturated heterocycles. The zero-order chi connectivity index (χ0) is 16.4. The third kappa shape index (κ3) is 3.39. The maximum Gasteiger partial charge on any atom is 0.261 e. The Morgan fingerprint density at radius 1 is 1.30 bits per heavy atom. The van der Waals surface area contributed by atoms with Gasteiger partial charge in [0.05, 0.1) is 17.8 Å². The molecular formula is C16H20N6O. The van der Waals surface area contributed by atoms with Crippen molar-refractivity contribution in [3.8, 4) is 11.5 Å². The molecule has 0 aliphatic heterocycles. The van der Waals surface area contributed by atoms with Crippen LogP contribution in [-0.2, 0) is 6.54 Å². The highest BCUT2D eigenvalue weighted by Gasteiger charge is 2.15. The quantitative estimate of drug-likeness (QED) is 0.780. The first-order valence-corrected chi connectivity index (χ1v) is 7.56. The Labute approximate surface area is 134 Å². The highest BCUT2D eigenvalue weighted by atomic mass is 16.5. The minimum Gasteiger partial charge on any atom is -0.365 e. The maximum atomic E-state index is 5.25. The number of hydrogen-bond acceptors (Lipinski definition) is 6. The summed E-state index contributed by atoms with van der Waals surface area (Å²) in [7, 11) is 0. The molecule has 0 aromatic carbocycles. The summed E-state index contributed by atoms with van der Waals surface area (Å²) >= 11 is 0. The molecule has 3 rings (SSSR count). The molecule has 7 heteroatoms. The third-order valence-corrected chi connectivity index (χ3v) is 3.50. The fourth-order valence-electron chi connectivity index (χ4n) is 2.50. The molecule has 0 aliphatic rings. The molecule has 0 fully saturated rings. The van der Waals surface area contributed by atoms with E-state index in [1.165, 1.54) is 0 Å². The molecule has 120 valence electrons. The van der Waals surface area contributed by atoms with Crippen molar-refractivity contribution in [3.63, 3.8) is 0 Å². The minimum atomic E-state index is 0.144. The largest absolute Gasteiger partial charge is 0.365 e. The zero-order valence-corrected chi connectivity index (χ0v) is 13.7. The predicted octanol–water partition coefficient (Wildman–Crippen LogP) is 2.75. The second-order valence-corrected chi connectivity index (χ2v) is 5.70. The second kappa shape index (κ2) is 6.20. The monoisotopic (exact) mass is 312 g/mol. The van der Waals surface area contributed by atoms with E-state index in [1.807, 2.05) is 23.7 Å². The lowest BCUT2D eigenvalue weighted by Gasteiger charge is -2.17. The van der Waals surface area contributed by atoms with Crippen LogP contribution in [0.1, 0.15) is 24.1 Å². The van der Waals surface area contributed by atoms with Crippen LogP contribution in [0, 0.1) is 20.8 Å². The van der Waals surface area contributed by atoms with Gasteiger partial charge in [-0.2, -0.15) is 10.1 Å². The van der Waals surface area contributed by atoms with Gasteiger partial charge in [-0.1, -0.05) is 5.16 Å². The summed E-state index contributed by atoms with van der Waals surface area (Å²) in [4.78, 5) is 8.68. The van der Waals surface area contributed by atoms with E-state index in [2.05, 4.69) is 45.5 Å². The zero-order valence-electron chi connectivity index (χ0n) is 13.7. The standard InChI is InChI=1S/C16H20N6O/c1-10-8-12(3)22(20-10)9-11(2)18-15-14(6-5-7-17-15)16-19-13(4)21-23-16/h5-8,11H,9H2,1-4H3,(H,17,18)/t11-/m1/s1. The molecule has 0 radical (unpaired) electrons. The molecule has 3 heterocycles. The predicted molar refractivity (Wildman–Crippen MR) is 87.1 cm³/mol. The van der Waals surface area contributed by atoms with Crippen LogP contribution in [0.3, 0.4) is 0 Å². The minimum absolute atomic E-state index is 0.144. The van der Waals surface area contributed by atoms with Crippen LogP contribution in [0.4, 0.5) is 5.82 Å². The highest BCUT2D eigenvalue weighted by molar-refractivity contribution is 5.68. The van der Waals surface area contributed by atoms with Gasteiger partial charge in [-0.25, -0.2) is 4.98 Å². The maximum absolute atomic E-state index is 5.25. The van der Waals surface area contributed by atoms with Crippen molar-refractivity contribution >= 4 is 5.82 Å². The summed E-state index contributed by atoms with van der Waals surface area (Å²) in [5, 5.41) is 11.7. The summed E-state index contributed by atoms with van der Waals surface area (Å²) < 4.78 is 7.25. The Morgan fingerprint density at radius 3 is 2.78 bits per heavy atom. The van der Waals surface area contributed by atoms with Crippen molar-refractivity contribution in [1.29, 1.82) is 0 Å². The van der Waals surface area contributed by atoms with Gasteiger partial charge in [0.2, 0.25) is 0 Å². The van der Waals surface area contributed by atoms with Crippen molar-refractivity contribution in [3.05, 3.63) is 41.6 Å². The molecule has 0 aliphatic carbocycles. The average molecular weight is 312 g/mol. The molecule has 3 aromatic heterocycles. The van der Waals surface area contributed by atoms with Crippen LogP contribution in [0.15, 0.2) is 28.9 Å². The Bertz CT molecular complexity index is 807. The van der Waals surface area contributed by atoms with Crippen molar-refractivity contribution in [2.24, 2.45) is 0 Å². The Hall–Kier alpha value is -2.70. The lowest BCUT2D eigenvalue weighted by Crippen LogP contribution is -2.24. The van der Waals surface area contributed by atoms with E-state index in [1.54, 1.807) is 13.1 Å². The Morgan fingerprint density at radius 2 is 2.13 bits per heavy atom. The smallest absolute Gasteiger partial charge is 0.261 e. The van der Waals surface area contributed by atoms with Crippen LogP contribution in [0.25, 0.3) is 11.5 Å². The number of rotatable bonds is 5. The molecule has 0 amide bonds. The summed E-state index contributed by atoms with van der Waals surface area (Å²) in [5.74, 6) is 1.80. The van der Waals surface area contributed by atoms with Crippen LogP contribution >= 0.6 is 0 Å². The second-order valence-electron chi connectivity index (χ2n) is 5.70. The van der Waals surface area contributed by atoms with E-state index in [0.29, 0.717) is 11.7 Å².